The topological polar surface area (TPSA) is 58.2 Å². The largest absolute Gasteiger partial charge is 0.324 e. The van der Waals surface area contributed by atoms with Gasteiger partial charge in [-0.15, -0.1) is 11.8 Å². The molecule has 4 nitrogen and oxygen atoms in total. The van der Waals surface area contributed by atoms with Gasteiger partial charge in [-0.05, 0) is 38.6 Å². The molecule has 1 aliphatic rings. The molecule has 2 N–H and O–H groups in total. The Hall–Kier alpha value is -1.33. The number of carbonyl (C=O) groups excluding carboxylic acids is 2. The molecule has 0 fully saturated rings. The van der Waals surface area contributed by atoms with E-state index < -0.39 is 0 Å². The molecule has 1 aromatic carbocycles. The lowest BCUT2D eigenvalue weighted by atomic mass is 10.0. The fourth-order valence-corrected chi connectivity index (χ4v) is 2.94. The smallest absolute Gasteiger partial charge is 0.237 e. The van der Waals surface area contributed by atoms with Gasteiger partial charge in [-0.2, -0.15) is 0 Å². The van der Waals surface area contributed by atoms with Crippen LogP contribution in [0.4, 0.5) is 5.69 Å². The number of Topliss-reactive ketones (excluding diaryl/α,β-unsaturated/α-hetero) is 1. The molecule has 0 radical (unpaired) electrons. The standard InChI is InChI=1S/C13H16N2O2S/c1-7(16)12(14-3)9-4-5-11-10(6-9)15-13(17)8(2)18-11/h4-6,8,12,14H,1-3H3,(H,15,17). The second-order valence-corrected chi connectivity index (χ2v) is 5.72. The quantitative estimate of drug-likeness (QED) is 0.876. The van der Waals surface area contributed by atoms with E-state index in [1.165, 1.54) is 11.8 Å². The van der Waals surface area contributed by atoms with E-state index in [0.717, 1.165) is 16.1 Å². The Morgan fingerprint density at radius 2 is 2.22 bits per heavy atom. The summed E-state index contributed by atoms with van der Waals surface area (Å²) in [6.45, 7) is 3.43. The summed E-state index contributed by atoms with van der Waals surface area (Å²) in [6.07, 6.45) is 0. The van der Waals surface area contributed by atoms with Crippen LogP contribution in [0.1, 0.15) is 25.5 Å². The molecule has 0 spiro atoms. The minimum Gasteiger partial charge on any atom is -0.324 e. The van der Waals surface area contributed by atoms with E-state index in [4.69, 9.17) is 0 Å². The maximum absolute atomic E-state index is 11.6. The Morgan fingerprint density at radius 1 is 1.50 bits per heavy atom. The highest BCUT2D eigenvalue weighted by atomic mass is 32.2. The third-order valence-electron chi connectivity index (χ3n) is 2.96. The summed E-state index contributed by atoms with van der Waals surface area (Å²) in [5, 5.41) is 5.77. The average molecular weight is 264 g/mol. The number of likely N-dealkylation sites (N-methyl/N-ethyl adjacent to an activating group) is 1. The molecule has 2 atom stereocenters. The first-order valence-corrected chi connectivity index (χ1v) is 6.70. The Bertz CT molecular complexity index is 502. The van der Waals surface area contributed by atoms with Gasteiger partial charge in [-0.25, -0.2) is 0 Å². The van der Waals surface area contributed by atoms with Crippen molar-refractivity contribution in [3.63, 3.8) is 0 Å². The SMILES string of the molecule is CNC(C(C)=O)c1ccc2c(c1)NC(=O)C(C)S2. The van der Waals surface area contributed by atoms with Crippen molar-refractivity contribution in [1.82, 2.24) is 5.32 Å². The maximum Gasteiger partial charge on any atom is 0.237 e. The maximum atomic E-state index is 11.6. The fraction of sp³-hybridized carbons (Fsp3) is 0.385. The third kappa shape index (κ3) is 2.42. The van der Waals surface area contributed by atoms with Gasteiger partial charge in [0.2, 0.25) is 5.91 Å². The number of rotatable bonds is 3. The summed E-state index contributed by atoms with van der Waals surface area (Å²) in [6, 6.07) is 5.43. The Kier molecular flexibility index (Phi) is 3.73. The van der Waals surface area contributed by atoms with Gasteiger partial charge < -0.3 is 10.6 Å². The van der Waals surface area contributed by atoms with Crippen LogP contribution in [0.3, 0.4) is 0 Å². The molecule has 18 heavy (non-hydrogen) atoms. The Labute approximate surface area is 111 Å². The second-order valence-electron chi connectivity index (χ2n) is 4.34. The molecule has 96 valence electrons. The number of fused-ring (bicyclic) bond motifs is 1. The number of benzene rings is 1. The Morgan fingerprint density at radius 3 is 2.83 bits per heavy atom. The van der Waals surface area contributed by atoms with E-state index in [-0.39, 0.29) is 23.0 Å². The summed E-state index contributed by atoms with van der Waals surface area (Å²) in [4.78, 5) is 24.2. The fourth-order valence-electron chi connectivity index (χ4n) is 2.01. The minimum atomic E-state index is -0.323. The summed E-state index contributed by atoms with van der Waals surface area (Å²) in [7, 11) is 1.75. The number of hydrogen-bond donors (Lipinski definition) is 2. The van der Waals surface area contributed by atoms with Gasteiger partial charge in [0.25, 0.3) is 0 Å². The van der Waals surface area contributed by atoms with Gasteiger partial charge in [-0.1, -0.05) is 6.07 Å². The van der Waals surface area contributed by atoms with E-state index in [1.54, 1.807) is 14.0 Å². The molecule has 1 aromatic rings. The first kappa shape index (κ1) is 13.1. The van der Waals surface area contributed by atoms with Crippen molar-refractivity contribution in [1.29, 1.82) is 0 Å². The molecule has 1 heterocycles. The molecule has 0 aromatic heterocycles. The summed E-state index contributed by atoms with van der Waals surface area (Å²) in [5.41, 5.74) is 1.67. The second kappa shape index (κ2) is 5.12. The van der Waals surface area contributed by atoms with Crippen LogP contribution >= 0.6 is 11.8 Å². The van der Waals surface area contributed by atoms with Crippen molar-refractivity contribution in [3.8, 4) is 0 Å². The van der Waals surface area contributed by atoms with Crippen LogP contribution in [0, 0.1) is 0 Å². The number of hydrogen-bond acceptors (Lipinski definition) is 4. The van der Waals surface area contributed by atoms with Crippen molar-refractivity contribution in [3.05, 3.63) is 23.8 Å². The van der Waals surface area contributed by atoms with Gasteiger partial charge in [0, 0.05) is 4.90 Å². The van der Waals surface area contributed by atoms with Crippen molar-refractivity contribution >= 4 is 29.1 Å². The molecule has 2 unspecified atom stereocenters. The van der Waals surface area contributed by atoms with Crippen LogP contribution in [0.5, 0.6) is 0 Å². The van der Waals surface area contributed by atoms with Crippen molar-refractivity contribution < 1.29 is 9.59 Å². The van der Waals surface area contributed by atoms with E-state index >= 15 is 0 Å². The normalized spacial score (nSPS) is 19.9. The zero-order valence-corrected chi connectivity index (χ0v) is 11.4. The van der Waals surface area contributed by atoms with Crippen molar-refractivity contribution in [2.24, 2.45) is 0 Å². The average Bonchev–Trinajstić information content (AvgIpc) is 2.31. The first-order valence-electron chi connectivity index (χ1n) is 5.82. The highest BCUT2D eigenvalue weighted by molar-refractivity contribution is 8.00. The van der Waals surface area contributed by atoms with Crippen LogP contribution < -0.4 is 10.6 Å². The molecule has 0 bridgehead atoms. The van der Waals surface area contributed by atoms with Crippen LogP contribution in [-0.2, 0) is 9.59 Å². The number of ketones is 1. The monoisotopic (exact) mass is 264 g/mol. The lowest BCUT2D eigenvalue weighted by Crippen LogP contribution is -2.27. The zero-order valence-electron chi connectivity index (χ0n) is 10.6. The highest BCUT2D eigenvalue weighted by Crippen LogP contribution is 2.36. The van der Waals surface area contributed by atoms with E-state index in [2.05, 4.69) is 10.6 Å². The zero-order chi connectivity index (χ0) is 13.3. The third-order valence-corrected chi connectivity index (χ3v) is 4.14. The number of thioether (sulfide) groups is 1. The van der Waals surface area contributed by atoms with Gasteiger partial charge >= 0.3 is 0 Å². The van der Waals surface area contributed by atoms with Crippen LogP contribution in [0.25, 0.3) is 0 Å². The van der Waals surface area contributed by atoms with Crippen LogP contribution in [0.2, 0.25) is 0 Å². The van der Waals surface area contributed by atoms with Crippen molar-refractivity contribution in [2.45, 2.75) is 30.0 Å². The van der Waals surface area contributed by atoms with Crippen molar-refractivity contribution in [2.75, 3.05) is 12.4 Å². The van der Waals surface area contributed by atoms with Gasteiger partial charge in [0.1, 0.15) is 0 Å². The minimum absolute atomic E-state index is 0.00785. The number of amides is 1. The predicted octanol–water partition coefficient (Wildman–Crippen LogP) is 1.97. The number of carbonyl (C=O) groups is 2. The predicted molar refractivity (Wildman–Crippen MR) is 72.9 cm³/mol. The molecule has 1 aliphatic heterocycles. The molecular formula is C13H16N2O2S. The van der Waals surface area contributed by atoms with Crippen LogP contribution in [-0.4, -0.2) is 24.0 Å². The van der Waals surface area contributed by atoms with Crippen LogP contribution in [0.15, 0.2) is 23.1 Å². The molecule has 5 heteroatoms. The molecule has 1 amide bonds. The van der Waals surface area contributed by atoms with Gasteiger partial charge in [0.15, 0.2) is 5.78 Å². The summed E-state index contributed by atoms with van der Waals surface area (Å²) in [5.74, 6) is 0.0640. The van der Waals surface area contributed by atoms with E-state index in [0.29, 0.717) is 0 Å². The highest BCUT2D eigenvalue weighted by Gasteiger charge is 2.24. The molecule has 0 saturated heterocycles. The van der Waals surface area contributed by atoms with Gasteiger partial charge in [-0.3, -0.25) is 9.59 Å². The summed E-state index contributed by atoms with van der Waals surface area (Å²) < 4.78 is 0. The lowest BCUT2D eigenvalue weighted by Gasteiger charge is -2.23. The molecule has 2 rings (SSSR count). The molecule has 0 aliphatic carbocycles. The Balaban J connectivity index is 2.35. The van der Waals surface area contributed by atoms with E-state index in [9.17, 15) is 9.59 Å². The van der Waals surface area contributed by atoms with Gasteiger partial charge in [0.05, 0.1) is 17.0 Å². The summed E-state index contributed by atoms with van der Waals surface area (Å²) >= 11 is 1.54. The first-order chi connectivity index (χ1) is 8.52. The lowest BCUT2D eigenvalue weighted by molar-refractivity contribution is -0.119. The molecular weight excluding hydrogens is 248 g/mol. The molecule has 0 saturated carbocycles. The number of nitrogens with one attached hydrogen (secondary N) is 2. The number of anilines is 1. The van der Waals surface area contributed by atoms with E-state index in [1.807, 2.05) is 25.1 Å².